The van der Waals surface area contributed by atoms with Gasteiger partial charge in [-0.3, -0.25) is 23.9 Å². The van der Waals surface area contributed by atoms with E-state index in [2.05, 4.69) is 5.32 Å². The predicted octanol–water partition coefficient (Wildman–Crippen LogP) is 0.986. The first kappa shape index (κ1) is 19.8. The number of hydrogen-bond donors (Lipinski definition) is 2. The van der Waals surface area contributed by atoms with Gasteiger partial charge in [0.05, 0.1) is 6.04 Å². The second-order valence-corrected chi connectivity index (χ2v) is 6.22. The number of ether oxygens (including phenoxy) is 1. The minimum absolute atomic E-state index is 0.398. The molecule has 0 saturated carbocycles. The quantitative estimate of drug-likeness (QED) is 0.582. The van der Waals surface area contributed by atoms with Crippen molar-refractivity contribution in [3.8, 4) is 0 Å². The highest BCUT2D eigenvalue weighted by molar-refractivity contribution is 5.81. The van der Waals surface area contributed by atoms with Gasteiger partial charge in [0.15, 0.2) is 6.61 Å². The molecule has 0 aliphatic rings. The molecule has 8 nitrogen and oxygen atoms in total. The molecule has 0 radical (unpaired) electrons. The van der Waals surface area contributed by atoms with Gasteiger partial charge in [0.2, 0.25) is 0 Å². The summed E-state index contributed by atoms with van der Waals surface area (Å²) in [5.74, 6) is -1.25. The standard InChI is InChI=1S/C21H19N3O5/c25-17-11-12-24(21(28)23-17)13-19(27)29-14-18(26)22-20(15-7-3-1-4-8-15)16-9-5-2-6-10-16/h1-12,20H,13-14H2,(H,22,26)(H,23,25,28). The summed E-state index contributed by atoms with van der Waals surface area (Å²) in [5.41, 5.74) is 0.482. The molecule has 0 atom stereocenters. The Morgan fingerprint density at radius 1 is 0.931 bits per heavy atom. The van der Waals surface area contributed by atoms with Crippen molar-refractivity contribution in [3.05, 3.63) is 105 Å². The zero-order valence-electron chi connectivity index (χ0n) is 15.4. The van der Waals surface area contributed by atoms with Gasteiger partial charge in [0, 0.05) is 12.3 Å². The first-order valence-electron chi connectivity index (χ1n) is 8.87. The lowest BCUT2D eigenvalue weighted by Crippen LogP contribution is -2.35. The van der Waals surface area contributed by atoms with Crippen LogP contribution in [0.2, 0.25) is 0 Å². The maximum absolute atomic E-state index is 12.4. The number of benzene rings is 2. The van der Waals surface area contributed by atoms with Crippen molar-refractivity contribution < 1.29 is 14.3 Å². The number of carbonyl (C=O) groups excluding carboxylic acids is 2. The molecule has 0 aliphatic heterocycles. The fourth-order valence-electron chi connectivity index (χ4n) is 2.75. The van der Waals surface area contributed by atoms with Crippen LogP contribution in [-0.4, -0.2) is 28.0 Å². The second-order valence-electron chi connectivity index (χ2n) is 6.22. The largest absolute Gasteiger partial charge is 0.454 e. The molecule has 0 unspecified atom stereocenters. The Balaban J connectivity index is 1.62. The smallest absolute Gasteiger partial charge is 0.328 e. The Morgan fingerprint density at radius 3 is 2.07 bits per heavy atom. The molecule has 1 aromatic heterocycles. The van der Waals surface area contributed by atoms with E-state index in [1.807, 2.05) is 65.6 Å². The lowest BCUT2D eigenvalue weighted by molar-refractivity contribution is -0.149. The Morgan fingerprint density at radius 2 is 1.52 bits per heavy atom. The molecule has 0 fully saturated rings. The molecule has 0 aliphatic carbocycles. The van der Waals surface area contributed by atoms with Gasteiger partial charge in [-0.05, 0) is 11.1 Å². The van der Waals surface area contributed by atoms with Gasteiger partial charge in [0.25, 0.3) is 11.5 Å². The summed E-state index contributed by atoms with van der Waals surface area (Å²) in [6.07, 6.45) is 1.18. The van der Waals surface area contributed by atoms with E-state index in [0.717, 1.165) is 21.8 Å². The van der Waals surface area contributed by atoms with Gasteiger partial charge in [-0.1, -0.05) is 60.7 Å². The van der Waals surface area contributed by atoms with Gasteiger partial charge in [-0.25, -0.2) is 4.79 Å². The predicted molar refractivity (Wildman–Crippen MR) is 105 cm³/mol. The van der Waals surface area contributed by atoms with E-state index < -0.39 is 42.3 Å². The van der Waals surface area contributed by atoms with Crippen molar-refractivity contribution >= 4 is 11.9 Å². The SMILES string of the molecule is O=C(COC(=O)Cn1ccc(=O)[nH]c1=O)NC(c1ccccc1)c1ccccc1. The molecule has 3 rings (SSSR count). The van der Waals surface area contributed by atoms with Crippen LogP contribution < -0.4 is 16.6 Å². The first-order chi connectivity index (χ1) is 14.0. The maximum Gasteiger partial charge on any atom is 0.328 e. The molecule has 1 amide bonds. The van der Waals surface area contributed by atoms with Crippen LogP contribution in [-0.2, 0) is 20.9 Å². The lowest BCUT2D eigenvalue weighted by atomic mass is 9.99. The average Bonchev–Trinajstić information content (AvgIpc) is 2.74. The van der Waals surface area contributed by atoms with Crippen LogP contribution in [0.4, 0.5) is 0 Å². The van der Waals surface area contributed by atoms with Gasteiger partial charge in [0.1, 0.15) is 6.54 Å². The molecule has 0 bridgehead atoms. The molecule has 2 aromatic carbocycles. The van der Waals surface area contributed by atoms with Crippen LogP contribution in [0.1, 0.15) is 17.2 Å². The topological polar surface area (TPSA) is 110 Å². The lowest BCUT2D eigenvalue weighted by Gasteiger charge is -2.20. The van der Waals surface area contributed by atoms with E-state index in [0.29, 0.717) is 0 Å². The molecule has 3 aromatic rings. The fourth-order valence-corrected chi connectivity index (χ4v) is 2.75. The van der Waals surface area contributed by atoms with E-state index in [1.165, 1.54) is 6.20 Å². The van der Waals surface area contributed by atoms with Crippen LogP contribution in [0.25, 0.3) is 0 Å². The molecule has 0 spiro atoms. The monoisotopic (exact) mass is 393 g/mol. The van der Waals surface area contributed by atoms with Crippen LogP contribution in [0.15, 0.2) is 82.5 Å². The highest BCUT2D eigenvalue weighted by atomic mass is 16.5. The molecule has 148 valence electrons. The third-order valence-electron chi connectivity index (χ3n) is 4.13. The number of H-pyrrole nitrogens is 1. The zero-order chi connectivity index (χ0) is 20.6. The van der Waals surface area contributed by atoms with Crippen molar-refractivity contribution in [1.82, 2.24) is 14.9 Å². The number of nitrogens with zero attached hydrogens (tertiary/aromatic N) is 1. The summed E-state index contributed by atoms with van der Waals surface area (Å²) in [4.78, 5) is 49.0. The van der Waals surface area contributed by atoms with Crippen LogP contribution >= 0.6 is 0 Å². The third-order valence-corrected chi connectivity index (χ3v) is 4.13. The summed E-state index contributed by atoms with van der Waals surface area (Å²) in [6, 6.07) is 19.6. The van der Waals surface area contributed by atoms with Crippen molar-refractivity contribution in [2.24, 2.45) is 0 Å². The minimum Gasteiger partial charge on any atom is -0.454 e. The highest BCUT2D eigenvalue weighted by Gasteiger charge is 2.17. The number of esters is 1. The van der Waals surface area contributed by atoms with Gasteiger partial charge < -0.3 is 10.1 Å². The van der Waals surface area contributed by atoms with Crippen molar-refractivity contribution in [2.75, 3.05) is 6.61 Å². The Hall–Kier alpha value is -3.94. The van der Waals surface area contributed by atoms with Crippen molar-refractivity contribution in [3.63, 3.8) is 0 Å². The maximum atomic E-state index is 12.4. The average molecular weight is 393 g/mol. The highest BCUT2D eigenvalue weighted by Crippen LogP contribution is 2.21. The summed E-state index contributed by atoms with van der Waals surface area (Å²) >= 11 is 0. The van der Waals surface area contributed by atoms with Crippen molar-refractivity contribution in [1.29, 1.82) is 0 Å². The minimum atomic E-state index is -0.773. The number of aromatic nitrogens is 2. The van der Waals surface area contributed by atoms with Gasteiger partial charge in [-0.15, -0.1) is 0 Å². The molecule has 0 saturated heterocycles. The number of rotatable bonds is 7. The summed E-state index contributed by atoms with van der Waals surface area (Å²) in [6.45, 7) is -0.906. The van der Waals surface area contributed by atoms with Gasteiger partial charge >= 0.3 is 11.7 Å². The fraction of sp³-hybridized carbons (Fsp3) is 0.143. The molecule has 1 heterocycles. The van der Waals surface area contributed by atoms with Crippen LogP contribution in [0.3, 0.4) is 0 Å². The van der Waals surface area contributed by atoms with E-state index in [4.69, 9.17) is 4.74 Å². The van der Waals surface area contributed by atoms with E-state index in [9.17, 15) is 19.2 Å². The summed E-state index contributed by atoms with van der Waals surface area (Å²) < 4.78 is 5.95. The van der Waals surface area contributed by atoms with Crippen molar-refractivity contribution in [2.45, 2.75) is 12.6 Å². The first-order valence-corrected chi connectivity index (χ1v) is 8.87. The Bertz CT molecular complexity index is 1050. The molecule has 2 N–H and O–H groups in total. The van der Waals surface area contributed by atoms with E-state index in [1.54, 1.807) is 0 Å². The zero-order valence-corrected chi connectivity index (χ0v) is 15.4. The summed E-state index contributed by atoms with van der Waals surface area (Å²) in [5, 5.41) is 2.86. The molecule has 8 heteroatoms. The Kier molecular flexibility index (Phi) is 6.36. The second kappa shape index (κ2) is 9.32. The number of carbonyl (C=O) groups is 2. The number of hydrogen-bond acceptors (Lipinski definition) is 5. The van der Waals surface area contributed by atoms with Crippen LogP contribution in [0, 0.1) is 0 Å². The third kappa shape index (κ3) is 5.52. The van der Waals surface area contributed by atoms with E-state index in [-0.39, 0.29) is 0 Å². The number of nitrogens with one attached hydrogen (secondary N) is 2. The normalized spacial score (nSPS) is 10.5. The van der Waals surface area contributed by atoms with Gasteiger partial charge in [-0.2, -0.15) is 0 Å². The molecular formula is C21H19N3O5. The Labute approximate surface area is 165 Å². The van der Waals surface area contributed by atoms with E-state index >= 15 is 0 Å². The molecule has 29 heavy (non-hydrogen) atoms. The number of amides is 1. The number of aromatic amines is 1. The summed E-state index contributed by atoms with van der Waals surface area (Å²) in [7, 11) is 0. The molecular weight excluding hydrogens is 374 g/mol. The van der Waals surface area contributed by atoms with Crippen LogP contribution in [0.5, 0.6) is 0 Å².